The molecule has 4 heteroatoms. The predicted octanol–water partition coefficient (Wildman–Crippen LogP) is 3.70. The first-order chi connectivity index (χ1) is 8.25. The Hall–Kier alpha value is -1.13. The molecule has 1 aromatic carbocycles. The Morgan fingerprint density at radius 2 is 2.18 bits per heavy atom. The summed E-state index contributed by atoms with van der Waals surface area (Å²) in [6.45, 7) is 0. The number of fused-ring (bicyclic) bond motifs is 1. The minimum absolute atomic E-state index is 0.0503. The average Bonchev–Trinajstić information content (AvgIpc) is 2.93. The lowest BCUT2D eigenvalue weighted by atomic mass is 10.0. The summed E-state index contributed by atoms with van der Waals surface area (Å²) in [6, 6.07) is 7.80. The fraction of sp³-hybridized carbons (Fsp3) is 0.154. The molecule has 2 aromatic rings. The number of benzene rings is 1. The summed E-state index contributed by atoms with van der Waals surface area (Å²) >= 11 is 4.90. The molecule has 0 N–H and O–H groups in total. The van der Waals surface area contributed by atoms with Gasteiger partial charge in [-0.15, -0.1) is 0 Å². The number of hydrogen-bond acceptors (Lipinski definition) is 3. The second kappa shape index (κ2) is 4.27. The number of carbonyl (C=O) groups is 1. The lowest BCUT2D eigenvalue weighted by Crippen LogP contribution is -2.25. The highest BCUT2D eigenvalue weighted by Gasteiger charge is 2.30. The zero-order chi connectivity index (χ0) is 11.8. The van der Waals surface area contributed by atoms with Crippen molar-refractivity contribution in [2.75, 3.05) is 0 Å². The summed E-state index contributed by atoms with van der Waals surface area (Å²) in [6.07, 6.45) is 0.287. The van der Waals surface area contributed by atoms with Crippen LogP contribution in [0.2, 0.25) is 0 Å². The maximum atomic E-state index is 12.2. The Bertz CT molecular complexity index is 551. The van der Waals surface area contributed by atoms with E-state index in [1.807, 2.05) is 35.0 Å². The van der Waals surface area contributed by atoms with Crippen molar-refractivity contribution in [1.29, 1.82) is 0 Å². The zero-order valence-corrected chi connectivity index (χ0v) is 11.3. The monoisotopic (exact) mass is 308 g/mol. The van der Waals surface area contributed by atoms with Gasteiger partial charge in [-0.2, -0.15) is 11.3 Å². The molecule has 2 nitrogen and oxygen atoms in total. The van der Waals surface area contributed by atoms with E-state index in [0.717, 1.165) is 15.8 Å². The minimum atomic E-state index is -0.377. The summed E-state index contributed by atoms with van der Waals surface area (Å²) < 4.78 is 6.54. The van der Waals surface area contributed by atoms with E-state index in [0.29, 0.717) is 12.0 Å². The van der Waals surface area contributed by atoms with Crippen LogP contribution in [-0.2, 0) is 6.42 Å². The maximum Gasteiger partial charge on any atom is 0.205 e. The van der Waals surface area contributed by atoms with Gasteiger partial charge in [0.1, 0.15) is 5.75 Å². The van der Waals surface area contributed by atoms with Crippen molar-refractivity contribution in [3.63, 3.8) is 0 Å². The fourth-order valence-electron chi connectivity index (χ4n) is 1.96. The van der Waals surface area contributed by atoms with E-state index >= 15 is 0 Å². The Morgan fingerprint density at radius 1 is 1.35 bits per heavy atom. The van der Waals surface area contributed by atoms with Gasteiger partial charge in [-0.3, -0.25) is 4.79 Å². The molecule has 1 aliphatic rings. The van der Waals surface area contributed by atoms with Gasteiger partial charge in [-0.25, -0.2) is 0 Å². The summed E-state index contributed by atoms with van der Waals surface area (Å²) in [4.78, 5) is 12.2. The number of thiophene rings is 1. The first-order valence-electron chi connectivity index (χ1n) is 5.26. The molecule has 0 aliphatic carbocycles. The van der Waals surface area contributed by atoms with Gasteiger partial charge < -0.3 is 4.74 Å². The van der Waals surface area contributed by atoms with Crippen LogP contribution in [0.4, 0.5) is 0 Å². The zero-order valence-electron chi connectivity index (χ0n) is 8.85. The third-order valence-electron chi connectivity index (χ3n) is 2.82. The Kier molecular flexibility index (Phi) is 2.76. The van der Waals surface area contributed by atoms with Gasteiger partial charge in [-0.05, 0) is 27.6 Å². The Labute approximate surface area is 111 Å². The van der Waals surface area contributed by atoms with Crippen molar-refractivity contribution < 1.29 is 9.53 Å². The molecule has 0 radical (unpaired) electrons. The molecule has 1 aliphatic heterocycles. The smallest absolute Gasteiger partial charge is 0.205 e. The first kappa shape index (κ1) is 11.0. The second-order valence-corrected chi connectivity index (χ2v) is 5.51. The van der Waals surface area contributed by atoms with Gasteiger partial charge in [-0.1, -0.05) is 18.2 Å². The average molecular weight is 309 g/mol. The van der Waals surface area contributed by atoms with Crippen LogP contribution in [0.5, 0.6) is 5.75 Å². The summed E-state index contributed by atoms with van der Waals surface area (Å²) in [5.74, 6) is 0.881. The first-order valence-corrected chi connectivity index (χ1v) is 7.00. The third kappa shape index (κ3) is 1.91. The van der Waals surface area contributed by atoms with Crippen LogP contribution in [0.3, 0.4) is 0 Å². The lowest BCUT2D eigenvalue weighted by Gasteiger charge is -2.08. The van der Waals surface area contributed by atoms with E-state index in [-0.39, 0.29) is 11.9 Å². The molecule has 0 bridgehead atoms. The van der Waals surface area contributed by atoms with Gasteiger partial charge in [0.2, 0.25) is 5.78 Å². The van der Waals surface area contributed by atoms with E-state index in [9.17, 15) is 4.79 Å². The van der Waals surface area contributed by atoms with E-state index < -0.39 is 0 Å². The highest BCUT2D eigenvalue weighted by atomic mass is 79.9. The topological polar surface area (TPSA) is 26.3 Å². The van der Waals surface area contributed by atoms with E-state index in [1.165, 1.54) is 11.3 Å². The van der Waals surface area contributed by atoms with Gasteiger partial charge in [0, 0.05) is 27.2 Å². The van der Waals surface area contributed by atoms with Crippen molar-refractivity contribution >= 4 is 33.0 Å². The molecule has 1 aromatic heterocycles. The normalized spacial score (nSPS) is 17.6. The second-order valence-electron chi connectivity index (χ2n) is 3.92. The van der Waals surface area contributed by atoms with Gasteiger partial charge in [0.05, 0.1) is 0 Å². The molecule has 1 atom stereocenters. The van der Waals surface area contributed by atoms with Crippen molar-refractivity contribution in [2.24, 2.45) is 0 Å². The molecule has 0 saturated carbocycles. The SMILES string of the molecule is O=C(c1cscc1Br)C1Cc2ccccc2O1. The lowest BCUT2D eigenvalue weighted by molar-refractivity contribution is 0.0824. The number of rotatable bonds is 2. The molecule has 2 heterocycles. The van der Waals surface area contributed by atoms with Crippen LogP contribution in [-0.4, -0.2) is 11.9 Å². The molecular formula is C13H9BrO2S. The van der Waals surface area contributed by atoms with Crippen molar-refractivity contribution in [2.45, 2.75) is 12.5 Å². The summed E-state index contributed by atoms with van der Waals surface area (Å²) in [5, 5.41) is 3.77. The summed E-state index contributed by atoms with van der Waals surface area (Å²) in [7, 11) is 0. The van der Waals surface area contributed by atoms with Crippen LogP contribution in [0.25, 0.3) is 0 Å². The molecule has 0 amide bonds. The number of carbonyl (C=O) groups excluding carboxylic acids is 1. The highest BCUT2D eigenvalue weighted by molar-refractivity contribution is 9.10. The molecule has 17 heavy (non-hydrogen) atoms. The standard InChI is InChI=1S/C13H9BrO2S/c14-10-7-17-6-9(10)13(15)12-5-8-3-1-2-4-11(8)16-12/h1-4,6-7,12H,5H2. The van der Waals surface area contributed by atoms with Gasteiger partial charge >= 0.3 is 0 Å². The van der Waals surface area contributed by atoms with Crippen molar-refractivity contribution in [3.8, 4) is 5.75 Å². The van der Waals surface area contributed by atoms with Crippen LogP contribution >= 0.6 is 27.3 Å². The minimum Gasteiger partial charge on any atom is -0.482 e. The van der Waals surface area contributed by atoms with E-state index in [1.54, 1.807) is 0 Å². The summed E-state index contributed by atoms with van der Waals surface area (Å²) in [5.41, 5.74) is 1.82. The number of ether oxygens (including phenoxy) is 1. The maximum absolute atomic E-state index is 12.2. The van der Waals surface area contributed by atoms with Crippen molar-refractivity contribution in [1.82, 2.24) is 0 Å². The van der Waals surface area contributed by atoms with E-state index in [2.05, 4.69) is 15.9 Å². The predicted molar refractivity (Wildman–Crippen MR) is 70.9 cm³/mol. The van der Waals surface area contributed by atoms with Crippen LogP contribution in [0, 0.1) is 0 Å². The highest BCUT2D eigenvalue weighted by Crippen LogP contribution is 2.31. The molecular weight excluding hydrogens is 300 g/mol. The number of para-hydroxylation sites is 1. The number of ketones is 1. The molecule has 0 fully saturated rings. The Balaban J connectivity index is 1.86. The quantitative estimate of drug-likeness (QED) is 0.791. The van der Waals surface area contributed by atoms with Gasteiger partial charge in [0.25, 0.3) is 0 Å². The third-order valence-corrected chi connectivity index (χ3v) is 4.52. The van der Waals surface area contributed by atoms with Crippen molar-refractivity contribution in [3.05, 3.63) is 50.6 Å². The molecule has 86 valence electrons. The Morgan fingerprint density at radius 3 is 2.88 bits per heavy atom. The number of halogens is 1. The molecule has 0 saturated heterocycles. The number of Topliss-reactive ketones (excluding diaryl/α,β-unsaturated/α-hetero) is 1. The van der Waals surface area contributed by atoms with Crippen LogP contribution < -0.4 is 4.74 Å². The van der Waals surface area contributed by atoms with Crippen LogP contribution in [0.1, 0.15) is 15.9 Å². The molecule has 3 rings (SSSR count). The fourth-order valence-corrected chi connectivity index (χ4v) is 3.44. The van der Waals surface area contributed by atoms with E-state index in [4.69, 9.17) is 4.74 Å². The number of hydrogen-bond donors (Lipinski definition) is 0. The van der Waals surface area contributed by atoms with Gasteiger partial charge in [0.15, 0.2) is 6.10 Å². The largest absolute Gasteiger partial charge is 0.482 e. The molecule has 1 unspecified atom stereocenters. The van der Waals surface area contributed by atoms with Crippen LogP contribution in [0.15, 0.2) is 39.5 Å². The molecule has 0 spiro atoms.